The zero-order valence-electron chi connectivity index (χ0n) is 12.9. The summed E-state index contributed by atoms with van der Waals surface area (Å²) < 4.78 is 0. The Hall–Kier alpha value is -0.870. The highest BCUT2D eigenvalue weighted by Crippen LogP contribution is 2.22. The highest BCUT2D eigenvalue weighted by Gasteiger charge is 2.21. The van der Waals surface area contributed by atoms with Gasteiger partial charge in [0.2, 0.25) is 0 Å². The highest BCUT2D eigenvalue weighted by atomic mass is 32.1. The van der Waals surface area contributed by atoms with Crippen LogP contribution in [-0.4, -0.2) is 36.5 Å². The van der Waals surface area contributed by atoms with Gasteiger partial charge in [0.15, 0.2) is 0 Å². The Kier molecular flexibility index (Phi) is 5.61. The van der Waals surface area contributed by atoms with Crippen LogP contribution in [0.5, 0.6) is 0 Å². The number of piperidine rings is 1. The first kappa shape index (κ1) is 15.5. The SMILES string of the molecule is CCCN1CCC(NC(=O)c2cc(CC)c(C)s2)CC1. The summed E-state index contributed by atoms with van der Waals surface area (Å²) in [6.45, 7) is 9.87. The molecule has 3 nitrogen and oxygen atoms in total. The molecule has 1 aromatic heterocycles. The fourth-order valence-corrected chi connectivity index (χ4v) is 3.87. The standard InChI is InChI=1S/C16H26N2OS/c1-4-8-18-9-6-14(7-10-18)17-16(19)15-11-13(5-2)12(3)20-15/h11,14H,4-10H2,1-3H3,(H,17,19). The van der Waals surface area contributed by atoms with Crippen molar-refractivity contribution in [2.24, 2.45) is 0 Å². The van der Waals surface area contributed by atoms with Crippen molar-refractivity contribution in [1.29, 1.82) is 0 Å². The van der Waals surface area contributed by atoms with Crippen LogP contribution in [0.4, 0.5) is 0 Å². The number of nitrogens with zero attached hydrogens (tertiary/aromatic N) is 1. The Morgan fingerprint density at radius 2 is 2.10 bits per heavy atom. The molecule has 0 atom stereocenters. The van der Waals surface area contributed by atoms with Crippen molar-refractivity contribution in [3.63, 3.8) is 0 Å². The minimum absolute atomic E-state index is 0.117. The van der Waals surface area contributed by atoms with Gasteiger partial charge in [0.1, 0.15) is 0 Å². The maximum atomic E-state index is 12.3. The summed E-state index contributed by atoms with van der Waals surface area (Å²) in [5.74, 6) is 0.117. The van der Waals surface area contributed by atoms with Crippen LogP contribution >= 0.6 is 11.3 Å². The van der Waals surface area contributed by atoms with Crippen molar-refractivity contribution in [3.05, 3.63) is 21.4 Å². The van der Waals surface area contributed by atoms with E-state index in [0.717, 1.165) is 37.2 Å². The molecule has 1 saturated heterocycles. The first-order chi connectivity index (χ1) is 9.63. The quantitative estimate of drug-likeness (QED) is 0.904. The van der Waals surface area contributed by atoms with E-state index in [2.05, 4.69) is 37.1 Å². The molecule has 1 N–H and O–H groups in total. The number of thiophene rings is 1. The van der Waals surface area contributed by atoms with Crippen LogP contribution in [0.25, 0.3) is 0 Å². The van der Waals surface area contributed by atoms with Gasteiger partial charge in [-0.05, 0) is 50.8 Å². The lowest BCUT2D eigenvalue weighted by atomic mass is 10.0. The monoisotopic (exact) mass is 294 g/mol. The van der Waals surface area contributed by atoms with Crippen molar-refractivity contribution in [1.82, 2.24) is 10.2 Å². The van der Waals surface area contributed by atoms with Crippen LogP contribution in [-0.2, 0) is 6.42 Å². The highest BCUT2D eigenvalue weighted by molar-refractivity contribution is 7.14. The lowest BCUT2D eigenvalue weighted by molar-refractivity contribution is 0.0915. The third kappa shape index (κ3) is 3.83. The average Bonchev–Trinajstić information content (AvgIpc) is 2.82. The van der Waals surface area contributed by atoms with Crippen molar-refractivity contribution in [2.75, 3.05) is 19.6 Å². The Morgan fingerprint density at radius 1 is 1.40 bits per heavy atom. The minimum Gasteiger partial charge on any atom is -0.349 e. The number of carbonyl (C=O) groups excluding carboxylic acids is 1. The molecule has 1 fully saturated rings. The molecule has 2 heterocycles. The Bertz CT molecular complexity index is 447. The number of nitrogens with one attached hydrogen (secondary N) is 1. The lowest BCUT2D eigenvalue weighted by Gasteiger charge is -2.31. The maximum Gasteiger partial charge on any atom is 0.261 e. The second-order valence-electron chi connectivity index (χ2n) is 5.64. The number of hydrogen-bond acceptors (Lipinski definition) is 3. The van der Waals surface area contributed by atoms with Gasteiger partial charge in [-0.25, -0.2) is 0 Å². The molecule has 20 heavy (non-hydrogen) atoms. The van der Waals surface area contributed by atoms with E-state index in [1.165, 1.54) is 23.4 Å². The smallest absolute Gasteiger partial charge is 0.261 e. The predicted molar refractivity (Wildman–Crippen MR) is 85.7 cm³/mol. The second-order valence-corrected chi connectivity index (χ2v) is 6.89. The molecular weight excluding hydrogens is 268 g/mol. The van der Waals surface area contributed by atoms with Gasteiger partial charge in [-0.15, -0.1) is 11.3 Å². The van der Waals surface area contributed by atoms with Crippen LogP contribution < -0.4 is 5.32 Å². The molecule has 0 spiro atoms. The van der Waals surface area contributed by atoms with E-state index < -0.39 is 0 Å². The number of amides is 1. The molecule has 0 radical (unpaired) electrons. The molecule has 4 heteroatoms. The number of carbonyl (C=O) groups is 1. The topological polar surface area (TPSA) is 32.3 Å². The van der Waals surface area contributed by atoms with E-state index in [1.807, 2.05) is 0 Å². The first-order valence-corrected chi connectivity index (χ1v) is 8.58. The molecule has 1 aromatic rings. The molecule has 1 aliphatic heterocycles. The van der Waals surface area contributed by atoms with Crippen LogP contribution in [0.3, 0.4) is 0 Å². The summed E-state index contributed by atoms with van der Waals surface area (Å²) in [5, 5.41) is 3.21. The van der Waals surface area contributed by atoms with Gasteiger partial charge >= 0.3 is 0 Å². The molecule has 1 amide bonds. The second kappa shape index (κ2) is 7.23. The molecule has 0 aromatic carbocycles. The molecule has 1 aliphatic rings. The van der Waals surface area contributed by atoms with E-state index in [-0.39, 0.29) is 5.91 Å². The minimum atomic E-state index is 0.117. The van der Waals surface area contributed by atoms with Gasteiger partial charge in [-0.1, -0.05) is 13.8 Å². The summed E-state index contributed by atoms with van der Waals surface area (Å²) in [6.07, 6.45) is 4.38. The number of likely N-dealkylation sites (tertiary alicyclic amines) is 1. The van der Waals surface area contributed by atoms with Crippen molar-refractivity contribution >= 4 is 17.2 Å². The number of rotatable bonds is 5. The van der Waals surface area contributed by atoms with Crippen molar-refractivity contribution < 1.29 is 4.79 Å². The normalized spacial score (nSPS) is 17.4. The van der Waals surface area contributed by atoms with Gasteiger partial charge in [0, 0.05) is 24.0 Å². The summed E-state index contributed by atoms with van der Waals surface area (Å²) in [4.78, 5) is 16.9. The summed E-state index contributed by atoms with van der Waals surface area (Å²) in [7, 11) is 0. The van der Waals surface area contributed by atoms with Gasteiger partial charge in [0.05, 0.1) is 4.88 Å². The predicted octanol–water partition coefficient (Wildman–Crippen LogP) is 3.22. The van der Waals surface area contributed by atoms with Crippen LogP contribution in [0.2, 0.25) is 0 Å². The Labute approximate surface area is 126 Å². The maximum absolute atomic E-state index is 12.3. The molecule has 112 valence electrons. The van der Waals surface area contributed by atoms with E-state index in [4.69, 9.17) is 0 Å². The van der Waals surface area contributed by atoms with Gasteiger partial charge in [-0.2, -0.15) is 0 Å². The van der Waals surface area contributed by atoms with E-state index in [0.29, 0.717) is 6.04 Å². The summed E-state index contributed by atoms with van der Waals surface area (Å²) >= 11 is 1.62. The zero-order valence-corrected chi connectivity index (χ0v) is 13.7. The molecule has 2 rings (SSSR count). The Balaban J connectivity index is 1.86. The molecule has 0 unspecified atom stereocenters. The third-order valence-corrected chi connectivity index (χ3v) is 5.18. The van der Waals surface area contributed by atoms with Crippen LogP contribution in [0.15, 0.2) is 6.07 Å². The van der Waals surface area contributed by atoms with E-state index in [9.17, 15) is 4.79 Å². The fourth-order valence-electron chi connectivity index (χ4n) is 2.86. The molecular formula is C16H26N2OS. The Morgan fingerprint density at radius 3 is 2.65 bits per heavy atom. The first-order valence-electron chi connectivity index (χ1n) is 7.76. The molecule has 0 saturated carbocycles. The fraction of sp³-hybridized carbons (Fsp3) is 0.688. The average molecular weight is 294 g/mol. The van der Waals surface area contributed by atoms with E-state index in [1.54, 1.807) is 11.3 Å². The number of hydrogen-bond donors (Lipinski definition) is 1. The van der Waals surface area contributed by atoms with Crippen molar-refractivity contribution in [3.8, 4) is 0 Å². The molecule has 0 aliphatic carbocycles. The molecule has 0 bridgehead atoms. The van der Waals surface area contributed by atoms with Gasteiger partial charge < -0.3 is 10.2 Å². The summed E-state index contributed by atoms with van der Waals surface area (Å²) in [5.41, 5.74) is 1.30. The van der Waals surface area contributed by atoms with E-state index >= 15 is 0 Å². The zero-order chi connectivity index (χ0) is 14.5. The van der Waals surface area contributed by atoms with Crippen molar-refractivity contribution in [2.45, 2.75) is 52.5 Å². The largest absolute Gasteiger partial charge is 0.349 e. The number of aryl methyl sites for hydroxylation is 2. The van der Waals surface area contributed by atoms with Crippen LogP contribution in [0, 0.1) is 6.92 Å². The van der Waals surface area contributed by atoms with Gasteiger partial charge in [0.25, 0.3) is 5.91 Å². The summed E-state index contributed by atoms with van der Waals surface area (Å²) in [6, 6.07) is 2.41. The third-order valence-electron chi connectivity index (χ3n) is 4.09. The van der Waals surface area contributed by atoms with Gasteiger partial charge in [-0.3, -0.25) is 4.79 Å². The lowest BCUT2D eigenvalue weighted by Crippen LogP contribution is -2.44. The van der Waals surface area contributed by atoms with Crippen LogP contribution in [0.1, 0.15) is 53.2 Å².